The molecule has 2 atom stereocenters. The van der Waals surface area contributed by atoms with Crippen LogP contribution in [0.1, 0.15) is 56.2 Å². The molecular formula is C16H25NO. The van der Waals surface area contributed by atoms with Crippen molar-refractivity contribution in [1.29, 1.82) is 0 Å². The van der Waals surface area contributed by atoms with Gasteiger partial charge in [-0.15, -0.1) is 0 Å². The first-order chi connectivity index (χ1) is 8.79. The quantitative estimate of drug-likeness (QED) is 0.863. The lowest BCUT2D eigenvalue weighted by Gasteiger charge is -2.25. The van der Waals surface area contributed by atoms with E-state index in [1.54, 1.807) is 0 Å². The lowest BCUT2D eigenvalue weighted by Crippen LogP contribution is -2.24. The Kier molecular flexibility index (Phi) is 5.21. The maximum atomic E-state index is 6.27. The molecule has 1 aromatic rings. The molecule has 18 heavy (non-hydrogen) atoms. The van der Waals surface area contributed by atoms with Crippen LogP contribution < -0.4 is 5.73 Å². The lowest BCUT2D eigenvalue weighted by atomic mass is 9.96. The molecule has 2 heteroatoms. The first-order valence-electron chi connectivity index (χ1n) is 7.25. The molecule has 1 aliphatic heterocycles. The first kappa shape index (κ1) is 13.6. The molecule has 100 valence electrons. The average Bonchev–Trinajstić information content (AvgIpc) is 2.41. The smallest absolute Gasteiger partial charge is 0.0593 e. The van der Waals surface area contributed by atoms with Crippen molar-refractivity contribution in [1.82, 2.24) is 0 Å². The van der Waals surface area contributed by atoms with Crippen LogP contribution in [0.5, 0.6) is 0 Å². The third-order valence-corrected chi connectivity index (χ3v) is 3.74. The van der Waals surface area contributed by atoms with Crippen molar-refractivity contribution >= 4 is 0 Å². The predicted octanol–water partition coefficient (Wildman–Crippen LogP) is 3.60. The van der Waals surface area contributed by atoms with Crippen molar-refractivity contribution in [2.45, 2.75) is 57.6 Å². The molecule has 1 fully saturated rings. The highest BCUT2D eigenvalue weighted by atomic mass is 16.5. The maximum Gasteiger partial charge on any atom is 0.0593 e. The minimum Gasteiger partial charge on any atom is -0.378 e. The topological polar surface area (TPSA) is 35.2 Å². The highest BCUT2D eigenvalue weighted by Gasteiger charge is 2.18. The molecule has 2 rings (SSSR count). The van der Waals surface area contributed by atoms with Crippen LogP contribution in [0.4, 0.5) is 0 Å². The minimum absolute atomic E-state index is 0.115. The van der Waals surface area contributed by atoms with Crippen molar-refractivity contribution in [3.05, 3.63) is 35.4 Å². The van der Waals surface area contributed by atoms with Gasteiger partial charge in [0.1, 0.15) is 0 Å². The molecule has 0 aromatic heterocycles. The Morgan fingerprint density at radius 1 is 1.28 bits per heavy atom. The molecule has 2 nitrogen and oxygen atoms in total. The van der Waals surface area contributed by atoms with Crippen LogP contribution in [0.2, 0.25) is 0 Å². The Morgan fingerprint density at radius 2 is 2.06 bits per heavy atom. The number of hydrogen-bond donors (Lipinski definition) is 1. The highest BCUT2D eigenvalue weighted by Crippen LogP contribution is 2.23. The van der Waals surface area contributed by atoms with Gasteiger partial charge in [0, 0.05) is 12.6 Å². The predicted molar refractivity (Wildman–Crippen MR) is 75.6 cm³/mol. The summed E-state index contributed by atoms with van der Waals surface area (Å²) >= 11 is 0. The summed E-state index contributed by atoms with van der Waals surface area (Å²) < 4.78 is 5.75. The molecule has 0 spiro atoms. The fraction of sp³-hybridized carbons (Fsp3) is 0.625. The summed E-state index contributed by atoms with van der Waals surface area (Å²) in [5.41, 5.74) is 8.91. The van der Waals surface area contributed by atoms with Crippen molar-refractivity contribution in [3.63, 3.8) is 0 Å². The molecule has 1 saturated heterocycles. The summed E-state index contributed by atoms with van der Waals surface area (Å²) in [5, 5.41) is 0. The van der Waals surface area contributed by atoms with Crippen molar-refractivity contribution < 1.29 is 4.74 Å². The van der Waals surface area contributed by atoms with E-state index >= 15 is 0 Å². The summed E-state index contributed by atoms with van der Waals surface area (Å²) in [4.78, 5) is 0. The van der Waals surface area contributed by atoms with E-state index in [2.05, 4.69) is 31.2 Å². The van der Waals surface area contributed by atoms with Gasteiger partial charge in [0.05, 0.1) is 6.10 Å². The Hall–Kier alpha value is -0.860. The second kappa shape index (κ2) is 6.91. The zero-order chi connectivity index (χ0) is 12.8. The number of aryl methyl sites for hydroxylation is 1. The standard InChI is InChI=1S/C16H25NO/c1-2-5-13-7-9-14(10-8-13)16(17)12-15-6-3-4-11-18-15/h7-10,15-16H,2-6,11-12,17H2,1H3. The number of rotatable bonds is 5. The van der Waals surface area contributed by atoms with E-state index in [9.17, 15) is 0 Å². The summed E-state index contributed by atoms with van der Waals surface area (Å²) in [7, 11) is 0. The van der Waals surface area contributed by atoms with E-state index in [0.29, 0.717) is 6.10 Å². The van der Waals surface area contributed by atoms with Crippen LogP contribution in [0.25, 0.3) is 0 Å². The summed E-state index contributed by atoms with van der Waals surface area (Å²) in [6.45, 7) is 3.12. The second-order valence-corrected chi connectivity index (χ2v) is 5.32. The van der Waals surface area contributed by atoms with E-state index in [0.717, 1.165) is 19.4 Å². The summed E-state index contributed by atoms with van der Waals surface area (Å²) in [6.07, 6.45) is 7.32. The third kappa shape index (κ3) is 3.82. The average molecular weight is 247 g/mol. The summed E-state index contributed by atoms with van der Waals surface area (Å²) in [5.74, 6) is 0. The van der Waals surface area contributed by atoms with Crippen LogP contribution >= 0.6 is 0 Å². The molecule has 1 aromatic carbocycles. The zero-order valence-corrected chi connectivity index (χ0v) is 11.4. The SMILES string of the molecule is CCCc1ccc(C(N)CC2CCCCO2)cc1. The van der Waals surface area contributed by atoms with E-state index in [1.807, 2.05) is 0 Å². The zero-order valence-electron chi connectivity index (χ0n) is 11.4. The number of benzene rings is 1. The van der Waals surface area contributed by atoms with Gasteiger partial charge in [-0.05, 0) is 43.2 Å². The molecule has 0 radical (unpaired) electrons. The molecule has 0 amide bonds. The molecule has 0 bridgehead atoms. The van der Waals surface area contributed by atoms with Crippen molar-refractivity contribution in [2.24, 2.45) is 5.73 Å². The van der Waals surface area contributed by atoms with E-state index < -0.39 is 0 Å². The van der Waals surface area contributed by atoms with Crippen molar-refractivity contribution in [2.75, 3.05) is 6.61 Å². The fourth-order valence-electron chi connectivity index (χ4n) is 2.63. The van der Waals surface area contributed by atoms with E-state index in [4.69, 9.17) is 10.5 Å². The molecular weight excluding hydrogens is 222 g/mol. The van der Waals surface area contributed by atoms with Gasteiger partial charge in [-0.1, -0.05) is 37.6 Å². The third-order valence-electron chi connectivity index (χ3n) is 3.74. The van der Waals surface area contributed by atoms with Crippen LogP contribution in [0, 0.1) is 0 Å². The largest absolute Gasteiger partial charge is 0.378 e. The Balaban J connectivity index is 1.89. The molecule has 2 unspecified atom stereocenters. The van der Waals surface area contributed by atoms with Gasteiger partial charge >= 0.3 is 0 Å². The molecule has 2 N–H and O–H groups in total. The highest BCUT2D eigenvalue weighted by molar-refractivity contribution is 5.25. The molecule has 1 aliphatic rings. The van der Waals surface area contributed by atoms with Crippen LogP contribution in [-0.4, -0.2) is 12.7 Å². The first-order valence-corrected chi connectivity index (χ1v) is 7.25. The lowest BCUT2D eigenvalue weighted by molar-refractivity contribution is 0.00729. The van der Waals surface area contributed by atoms with Crippen LogP contribution in [0.3, 0.4) is 0 Å². The van der Waals surface area contributed by atoms with Gasteiger partial charge in [0.2, 0.25) is 0 Å². The Labute approximate surface area is 111 Å². The van der Waals surface area contributed by atoms with Gasteiger partial charge in [0.15, 0.2) is 0 Å². The molecule has 0 saturated carbocycles. The van der Waals surface area contributed by atoms with Crippen LogP contribution in [-0.2, 0) is 11.2 Å². The maximum absolute atomic E-state index is 6.27. The van der Waals surface area contributed by atoms with Gasteiger partial charge in [-0.3, -0.25) is 0 Å². The normalized spacial score (nSPS) is 21.8. The number of nitrogens with two attached hydrogens (primary N) is 1. The molecule has 1 heterocycles. The van der Waals surface area contributed by atoms with Gasteiger partial charge in [0.25, 0.3) is 0 Å². The number of hydrogen-bond acceptors (Lipinski definition) is 2. The van der Waals surface area contributed by atoms with E-state index in [-0.39, 0.29) is 6.04 Å². The van der Waals surface area contributed by atoms with Gasteiger partial charge in [-0.25, -0.2) is 0 Å². The Morgan fingerprint density at radius 3 is 2.67 bits per heavy atom. The second-order valence-electron chi connectivity index (χ2n) is 5.32. The molecule has 0 aliphatic carbocycles. The van der Waals surface area contributed by atoms with Gasteiger partial charge < -0.3 is 10.5 Å². The van der Waals surface area contributed by atoms with Crippen molar-refractivity contribution in [3.8, 4) is 0 Å². The monoisotopic (exact) mass is 247 g/mol. The van der Waals surface area contributed by atoms with E-state index in [1.165, 1.54) is 36.8 Å². The Bertz CT molecular complexity index is 341. The van der Waals surface area contributed by atoms with Crippen LogP contribution in [0.15, 0.2) is 24.3 Å². The summed E-state index contributed by atoms with van der Waals surface area (Å²) in [6, 6.07) is 8.89. The number of ether oxygens (including phenoxy) is 1. The minimum atomic E-state index is 0.115. The fourth-order valence-corrected chi connectivity index (χ4v) is 2.63. The van der Waals surface area contributed by atoms with Gasteiger partial charge in [-0.2, -0.15) is 0 Å².